The molecule has 2 heterocycles. The summed E-state index contributed by atoms with van der Waals surface area (Å²) >= 11 is 0. The summed E-state index contributed by atoms with van der Waals surface area (Å²) in [5.41, 5.74) is 6.97. The molecule has 0 aromatic rings. The second-order valence-electron chi connectivity index (χ2n) is 7.65. The fraction of sp³-hybridized carbons (Fsp3) is 1.00. The van der Waals surface area contributed by atoms with Crippen LogP contribution in [0.5, 0.6) is 0 Å². The molecule has 1 spiro atoms. The van der Waals surface area contributed by atoms with Crippen LogP contribution < -0.4 is 5.73 Å². The van der Waals surface area contributed by atoms with Gasteiger partial charge in [-0.05, 0) is 52.0 Å². The lowest BCUT2D eigenvalue weighted by atomic mass is 9.71. The van der Waals surface area contributed by atoms with Crippen LogP contribution in [-0.4, -0.2) is 42.3 Å². The van der Waals surface area contributed by atoms with Gasteiger partial charge in [0.25, 0.3) is 0 Å². The minimum atomic E-state index is 0.0503. The van der Waals surface area contributed by atoms with Gasteiger partial charge in [0.05, 0.1) is 18.8 Å². The van der Waals surface area contributed by atoms with Gasteiger partial charge in [0.15, 0.2) is 0 Å². The molecule has 0 amide bonds. The number of ether oxygens (including phenoxy) is 1. The molecule has 0 bridgehead atoms. The number of nitrogens with zero attached hydrogens (tertiary/aromatic N) is 1. The average Bonchev–Trinajstić information content (AvgIpc) is 2.36. The van der Waals surface area contributed by atoms with Crippen molar-refractivity contribution in [3.8, 4) is 0 Å². The van der Waals surface area contributed by atoms with Crippen molar-refractivity contribution in [3.63, 3.8) is 0 Å². The van der Waals surface area contributed by atoms with E-state index < -0.39 is 0 Å². The molecule has 0 aromatic carbocycles. The molecule has 1 saturated carbocycles. The van der Waals surface area contributed by atoms with Crippen molar-refractivity contribution >= 4 is 0 Å². The van der Waals surface area contributed by atoms with Crippen molar-refractivity contribution in [3.05, 3.63) is 0 Å². The zero-order valence-corrected chi connectivity index (χ0v) is 12.7. The highest BCUT2D eigenvalue weighted by Crippen LogP contribution is 2.44. The lowest BCUT2D eigenvalue weighted by molar-refractivity contribution is -0.176. The minimum absolute atomic E-state index is 0.0503. The van der Waals surface area contributed by atoms with Crippen molar-refractivity contribution in [2.45, 2.75) is 75.4 Å². The van der Waals surface area contributed by atoms with Gasteiger partial charge in [-0.2, -0.15) is 0 Å². The Balaban J connectivity index is 1.77. The summed E-state index contributed by atoms with van der Waals surface area (Å²) in [6.07, 6.45) is 10.5. The molecular weight excluding hydrogens is 236 g/mol. The molecule has 0 aromatic heterocycles. The lowest BCUT2D eigenvalue weighted by Crippen LogP contribution is -2.67. The molecule has 1 aliphatic carbocycles. The number of nitrogens with two attached hydrogens (primary N) is 1. The molecule has 19 heavy (non-hydrogen) atoms. The van der Waals surface area contributed by atoms with E-state index in [2.05, 4.69) is 18.9 Å². The quantitative estimate of drug-likeness (QED) is 0.732. The fourth-order valence-electron chi connectivity index (χ4n) is 4.60. The third kappa shape index (κ3) is 2.57. The molecule has 0 radical (unpaired) electrons. The molecule has 3 heteroatoms. The predicted octanol–water partition coefficient (Wildman–Crippen LogP) is 2.54. The van der Waals surface area contributed by atoms with Crippen LogP contribution >= 0.6 is 0 Å². The summed E-state index contributed by atoms with van der Waals surface area (Å²) < 4.78 is 5.52. The van der Waals surface area contributed by atoms with Crippen molar-refractivity contribution in [2.75, 3.05) is 20.3 Å². The second kappa shape index (κ2) is 5.01. The van der Waals surface area contributed by atoms with Crippen LogP contribution in [0.1, 0.15) is 58.3 Å². The maximum Gasteiger partial charge on any atom is 0.0678 e. The summed E-state index contributed by atoms with van der Waals surface area (Å²) in [6, 6.07) is 0.735. The summed E-state index contributed by atoms with van der Waals surface area (Å²) in [5.74, 6) is 0.796. The molecule has 2 aliphatic heterocycles. The summed E-state index contributed by atoms with van der Waals surface area (Å²) in [5, 5.41) is 0. The standard InChI is InChI=1S/C16H30N2O/c1-15(17)8-5-3-4-6-14-13(10-15)7-9-16(18(14)2)11-19-12-16/h13-14H,3-12,17H2,1-2H3. The zero-order valence-electron chi connectivity index (χ0n) is 12.7. The van der Waals surface area contributed by atoms with Crippen molar-refractivity contribution in [1.82, 2.24) is 4.90 Å². The first kappa shape index (κ1) is 13.8. The maximum absolute atomic E-state index is 6.54. The highest BCUT2D eigenvalue weighted by Gasteiger charge is 2.50. The van der Waals surface area contributed by atoms with E-state index in [1.165, 1.54) is 51.4 Å². The maximum atomic E-state index is 6.54. The molecule has 2 N–H and O–H groups in total. The van der Waals surface area contributed by atoms with Gasteiger partial charge in [0.2, 0.25) is 0 Å². The Hall–Kier alpha value is -0.120. The third-order valence-electron chi connectivity index (χ3n) is 5.99. The van der Waals surface area contributed by atoms with Gasteiger partial charge in [-0.1, -0.05) is 19.3 Å². The topological polar surface area (TPSA) is 38.5 Å². The van der Waals surface area contributed by atoms with Gasteiger partial charge in [-0.3, -0.25) is 4.90 Å². The van der Waals surface area contributed by atoms with E-state index in [1.807, 2.05) is 0 Å². The Kier molecular flexibility index (Phi) is 3.65. The molecule has 3 unspecified atom stereocenters. The van der Waals surface area contributed by atoms with Gasteiger partial charge < -0.3 is 10.5 Å². The molecule has 110 valence electrons. The van der Waals surface area contributed by atoms with E-state index in [1.54, 1.807) is 0 Å². The molecular formula is C16H30N2O. The van der Waals surface area contributed by atoms with Crippen molar-refractivity contribution in [2.24, 2.45) is 11.7 Å². The van der Waals surface area contributed by atoms with E-state index in [0.29, 0.717) is 5.54 Å². The Morgan fingerprint density at radius 2 is 1.89 bits per heavy atom. The van der Waals surface area contributed by atoms with Crippen molar-refractivity contribution < 1.29 is 4.74 Å². The summed E-state index contributed by atoms with van der Waals surface area (Å²) in [4.78, 5) is 2.67. The largest absolute Gasteiger partial charge is 0.377 e. The number of likely N-dealkylation sites (N-methyl/N-ethyl adjacent to an activating group) is 1. The second-order valence-corrected chi connectivity index (χ2v) is 7.65. The number of hydrogen-bond acceptors (Lipinski definition) is 3. The van der Waals surface area contributed by atoms with Crippen LogP contribution in [-0.2, 0) is 4.74 Å². The number of piperidine rings is 1. The van der Waals surface area contributed by atoms with Crippen LogP contribution in [0.15, 0.2) is 0 Å². The Morgan fingerprint density at radius 1 is 1.11 bits per heavy atom. The van der Waals surface area contributed by atoms with Gasteiger partial charge in [0.1, 0.15) is 0 Å². The number of likely N-dealkylation sites (tertiary alicyclic amines) is 1. The predicted molar refractivity (Wildman–Crippen MR) is 78.1 cm³/mol. The first-order valence-corrected chi connectivity index (χ1v) is 8.12. The number of hydrogen-bond donors (Lipinski definition) is 1. The Bertz CT molecular complexity index is 325. The highest BCUT2D eigenvalue weighted by molar-refractivity contribution is 5.04. The zero-order chi connectivity index (χ0) is 13.5. The van der Waals surface area contributed by atoms with E-state index in [4.69, 9.17) is 10.5 Å². The fourth-order valence-corrected chi connectivity index (χ4v) is 4.60. The van der Waals surface area contributed by atoms with Crippen LogP contribution in [0, 0.1) is 5.92 Å². The molecule has 3 aliphatic rings. The first-order chi connectivity index (χ1) is 9.03. The normalized spacial score (nSPS) is 43.7. The van der Waals surface area contributed by atoms with E-state index in [9.17, 15) is 0 Å². The van der Waals surface area contributed by atoms with Gasteiger partial charge in [-0.25, -0.2) is 0 Å². The van der Waals surface area contributed by atoms with E-state index in [0.717, 1.165) is 25.2 Å². The molecule has 3 fully saturated rings. The van der Waals surface area contributed by atoms with Gasteiger partial charge >= 0.3 is 0 Å². The van der Waals surface area contributed by atoms with Crippen LogP contribution in [0.25, 0.3) is 0 Å². The van der Waals surface area contributed by atoms with Crippen LogP contribution in [0.2, 0.25) is 0 Å². The lowest BCUT2D eigenvalue weighted by Gasteiger charge is -2.57. The van der Waals surface area contributed by atoms with E-state index in [-0.39, 0.29) is 5.54 Å². The molecule has 3 nitrogen and oxygen atoms in total. The summed E-state index contributed by atoms with van der Waals surface area (Å²) in [6.45, 7) is 4.17. The smallest absolute Gasteiger partial charge is 0.0678 e. The molecule has 3 atom stereocenters. The summed E-state index contributed by atoms with van der Waals surface area (Å²) in [7, 11) is 2.34. The van der Waals surface area contributed by atoms with Gasteiger partial charge in [0, 0.05) is 11.6 Å². The number of fused-ring (bicyclic) bond motifs is 1. The average molecular weight is 266 g/mol. The van der Waals surface area contributed by atoms with E-state index >= 15 is 0 Å². The SMILES string of the molecule is CN1C2CCCCCC(C)(N)CC2CCC12COC2. The minimum Gasteiger partial charge on any atom is -0.377 e. The third-order valence-corrected chi connectivity index (χ3v) is 5.99. The van der Waals surface area contributed by atoms with Gasteiger partial charge in [-0.15, -0.1) is 0 Å². The molecule has 2 saturated heterocycles. The van der Waals surface area contributed by atoms with Crippen LogP contribution in [0.4, 0.5) is 0 Å². The van der Waals surface area contributed by atoms with Crippen LogP contribution in [0.3, 0.4) is 0 Å². The van der Waals surface area contributed by atoms with Crippen molar-refractivity contribution in [1.29, 1.82) is 0 Å². The Labute approximate surface area is 117 Å². The first-order valence-electron chi connectivity index (χ1n) is 8.12. The Morgan fingerprint density at radius 3 is 2.58 bits per heavy atom. The number of rotatable bonds is 0. The highest BCUT2D eigenvalue weighted by atomic mass is 16.5. The molecule has 3 rings (SSSR count). The monoisotopic (exact) mass is 266 g/mol.